The van der Waals surface area contributed by atoms with E-state index in [4.69, 9.17) is 18.9 Å². The third-order valence-electron chi connectivity index (χ3n) is 5.69. The molecule has 0 saturated heterocycles. The van der Waals surface area contributed by atoms with Crippen LogP contribution in [0.25, 0.3) is 11.5 Å². The maximum absolute atomic E-state index is 13.6. The Balaban J connectivity index is 2.03. The van der Waals surface area contributed by atoms with Gasteiger partial charge in [-0.05, 0) is 61.4 Å². The summed E-state index contributed by atoms with van der Waals surface area (Å²) in [6, 6.07) is 7.31. The van der Waals surface area contributed by atoms with Crippen LogP contribution in [0.15, 0.2) is 47.6 Å². The lowest BCUT2D eigenvalue weighted by molar-refractivity contribution is 0.0998. The predicted octanol–water partition coefficient (Wildman–Crippen LogP) is 4.68. The van der Waals surface area contributed by atoms with Crippen LogP contribution >= 0.6 is 0 Å². The Bertz CT molecular complexity index is 1160. The number of ketones is 2. The van der Waals surface area contributed by atoms with E-state index in [0.29, 0.717) is 45.3 Å². The Labute approximate surface area is 186 Å². The second-order valence-corrected chi connectivity index (χ2v) is 7.69. The number of Topliss-reactive ketones (excluding diaryl/α,β-unsaturated/α-hetero) is 2. The van der Waals surface area contributed by atoms with E-state index in [1.807, 2.05) is 26.0 Å². The topological polar surface area (TPSA) is 71.1 Å². The molecule has 0 bridgehead atoms. The quantitative estimate of drug-likeness (QED) is 0.653. The average Bonchev–Trinajstić information content (AvgIpc) is 2.78. The molecule has 0 spiro atoms. The van der Waals surface area contributed by atoms with Gasteiger partial charge in [0.05, 0.1) is 39.6 Å². The van der Waals surface area contributed by atoms with Crippen molar-refractivity contribution in [1.82, 2.24) is 0 Å². The van der Waals surface area contributed by atoms with Gasteiger partial charge in [-0.1, -0.05) is 0 Å². The Kier molecular flexibility index (Phi) is 5.38. The molecule has 2 aliphatic carbocycles. The first-order chi connectivity index (χ1) is 15.3. The van der Waals surface area contributed by atoms with Crippen molar-refractivity contribution in [1.29, 1.82) is 0 Å². The van der Waals surface area contributed by atoms with Gasteiger partial charge in [-0.2, -0.15) is 0 Å². The highest BCUT2D eigenvalue weighted by Crippen LogP contribution is 2.41. The molecule has 0 amide bonds. The largest absolute Gasteiger partial charge is 0.496 e. The summed E-state index contributed by atoms with van der Waals surface area (Å²) in [7, 11) is 6.08. The molecule has 2 aliphatic rings. The summed E-state index contributed by atoms with van der Waals surface area (Å²) in [4.78, 5) is 27.3. The van der Waals surface area contributed by atoms with E-state index >= 15 is 0 Å². The van der Waals surface area contributed by atoms with Gasteiger partial charge in [0.2, 0.25) is 0 Å². The number of rotatable bonds is 4. The number of carbonyl (C=O) groups is 2. The maximum atomic E-state index is 13.6. The first kappa shape index (κ1) is 21.4. The van der Waals surface area contributed by atoms with Crippen molar-refractivity contribution in [2.24, 2.45) is 0 Å². The zero-order valence-corrected chi connectivity index (χ0v) is 18.9. The molecule has 0 atom stereocenters. The Morgan fingerprint density at radius 3 is 1.25 bits per heavy atom. The fourth-order valence-corrected chi connectivity index (χ4v) is 4.24. The first-order valence-corrected chi connectivity index (χ1v) is 10.1. The number of fused-ring (bicyclic) bond motifs is 2. The van der Waals surface area contributed by atoms with E-state index in [0.717, 1.165) is 11.1 Å². The lowest BCUT2D eigenvalue weighted by Crippen LogP contribution is -2.21. The van der Waals surface area contributed by atoms with Crippen molar-refractivity contribution < 1.29 is 28.5 Å². The second-order valence-electron chi connectivity index (χ2n) is 7.69. The number of carbonyl (C=O) groups excluding carboxylic acids is 2. The van der Waals surface area contributed by atoms with Crippen molar-refractivity contribution in [3.8, 4) is 11.5 Å². The fourth-order valence-electron chi connectivity index (χ4n) is 4.24. The minimum Gasteiger partial charge on any atom is -0.496 e. The van der Waals surface area contributed by atoms with Crippen LogP contribution in [0, 0.1) is 13.8 Å². The minimum absolute atomic E-state index is 0.212. The molecule has 0 aliphatic heterocycles. The molecular formula is C26H24O6. The van der Waals surface area contributed by atoms with E-state index in [1.165, 1.54) is 28.4 Å². The third kappa shape index (κ3) is 3.19. The van der Waals surface area contributed by atoms with Gasteiger partial charge in [-0.25, -0.2) is 0 Å². The number of hydrogen-bond donors (Lipinski definition) is 0. The monoisotopic (exact) mass is 432 g/mol. The number of aryl methyl sites for hydroxylation is 2. The van der Waals surface area contributed by atoms with Crippen LogP contribution in [0.3, 0.4) is 0 Å². The van der Waals surface area contributed by atoms with Crippen LogP contribution in [0.2, 0.25) is 0 Å². The van der Waals surface area contributed by atoms with E-state index in [9.17, 15) is 9.59 Å². The number of ether oxygens (including phenoxy) is 4. The zero-order chi connectivity index (χ0) is 23.2. The Morgan fingerprint density at radius 1 is 0.562 bits per heavy atom. The summed E-state index contributed by atoms with van der Waals surface area (Å²) in [6.45, 7) is 3.83. The maximum Gasteiger partial charge on any atom is 0.198 e. The summed E-state index contributed by atoms with van der Waals surface area (Å²) in [6.07, 6.45) is 3.21. The SMILES string of the molecule is COC1=C/C(=C2/C=C(OC)c3cc(C)cc(OC)c3C2=O)C(=O)c2c(OC)cc(C)cc21. The van der Waals surface area contributed by atoms with Crippen LogP contribution in [-0.4, -0.2) is 40.0 Å². The average molecular weight is 432 g/mol. The highest BCUT2D eigenvalue weighted by Gasteiger charge is 2.35. The Hall–Kier alpha value is -3.80. The number of methoxy groups -OCH3 is 4. The summed E-state index contributed by atoms with van der Waals surface area (Å²) < 4.78 is 22.2. The van der Waals surface area contributed by atoms with Crippen molar-refractivity contribution >= 4 is 23.1 Å². The molecule has 0 aromatic heterocycles. The van der Waals surface area contributed by atoms with Gasteiger partial charge in [0.25, 0.3) is 0 Å². The third-order valence-corrected chi connectivity index (χ3v) is 5.69. The van der Waals surface area contributed by atoms with E-state index < -0.39 is 0 Å². The molecule has 6 nitrogen and oxygen atoms in total. The molecule has 164 valence electrons. The summed E-state index contributed by atoms with van der Waals surface area (Å²) in [5.41, 5.74) is 4.27. The van der Waals surface area contributed by atoms with Crippen LogP contribution in [0.1, 0.15) is 43.0 Å². The van der Waals surface area contributed by atoms with Gasteiger partial charge in [-0.3, -0.25) is 9.59 Å². The van der Waals surface area contributed by atoms with E-state index in [-0.39, 0.29) is 22.7 Å². The van der Waals surface area contributed by atoms with Crippen LogP contribution < -0.4 is 9.47 Å². The molecule has 0 fully saturated rings. The summed E-state index contributed by atoms with van der Waals surface area (Å²) in [5.74, 6) is 1.18. The molecular weight excluding hydrogens is 408 g/mol. The van der Waals surface area contributed by atoms with Crippen molar-refractivity contribution in [2.75, 3.05) is 28.4 Å². The van der Waals surface area contributed by atoms with Crippen molar-refractivity contribution in [2.45, 2.75) is 13.8 Å². The van der Waals surface area contributed by atoms with Crippen molar-refractivity contribution in [3.63, 3.8) is 0 Å². The molecule has 0 heterocycles. The number of allylic oxidation sites excluding steroid dienone is 4. The lowest BCUT2D eigenvalue weighted by Gasteiger charge is -2.25. The molecule has 0 radical (unpaired) electrons. The summed E-state index contributed by atoms with van der Waals surface area (Å²) >= 11 is 0. The molecule has 4 rings (SSSR count). The molecule has 0 saturated carbocycles. The Morgan fingerprint density at radius 2 is 0.938 bits per heavy atom. The minimum atomic E-state index is -0.317. The highest BCUT2D eigenvalue weighted by atomic mass is 16.5. The van der Waals surface area contributed by atoms with Gasteiger partial charge >= 0.3 is 0 Å². The lowest BCUT2D eigenvalue weighted by atomic mass is 9.81. The van der Waals surface area contributed by atoms with Crippen LogP contribution in [0.5, 0.6) is 11.5 Å². The van der Waals surface area contributed by atoms with Gasteiger partial charge < -0.3 is 18.9 Å². The predicted molar refractivity (Wildman–Crippen MR) is 121 cm³/mol. The molecule has 0 N–H and O–H groups in total. The van der Waals surface area contributed by atoms with E-state index in [1.54, 1.807) is 24.3 Å². The molecule has 2 aromatic rings. The van der Waals surface area contributed by atoms with E-state index in [2.05, 4.69) is 0 Å². The van der Waals surface area contributed by atoms with Gasteiger partial charge in [0.1, 0.15) is 23.0 Å². The number of hydrogen-bond acceptors (Lipinski definition) is 6. The fraction of sp³-hybridized carbons (Fsp3) is 0.231. The molecule has 32 heavy (non-hydrogen) atoms. The van der Waals surface area contributed by atoms with Crippen molar-refractivity contribution in [3.05, 3.63) is 80.9 Å². The number of benzene rings is 2. The summed E-state index contributed by atoms with van der Waals surface area (Å²) in [5, 5.41) is 0. The second kappa shape index (κ2) is 8.04. The first-order valence-electron chi connectivity index (χ1n) is 10.1. The highest BCUT2D eigenvalue weighted by molar-refractivity contribution is 6.26. The molecule has 2 aromatic carbocycles. The van der Waals surface area contributed by atoms with Gasteiger partial charge in [0, 0.05) is 22.3 Å². The van der Waals surface area contributed by atoms with Crippen LogP contribution in [-0.2, 0) is 9.47 Å². The smallest absolute Gasteiger partial charge is 0.198 e. The molecule has 6 heteroatoms. The normalized spacial score (nSPS) is 17.2. The standard InChI is InChI=1S/C26H24O6/c1-13-7-17-19(29-3)11-15(25(27)23(17)21(9-13)31-5)16-12-20(30-4)18-8-14(2)10-22(32-6)24(18)26(16)28/h7-12H,1-6H3/b16-15+. The van der Waals surface area contributed by atoms with Gasteiger partial charge in [-0.15, -0.1) is 0 Å². The van der Waals surface area contributed by atoms with Gasteiger partial charge in [0.15, 0.2) is 11.6 Å². The van der Waals surface area contributed by atoms with Crippen LogP contribution in [0.4, 0.5) is 0 Å². The zero-order valence-electron chi connectivity index (χ0n) is 18.9. The molecule has 0 unspecified atom stereocenters.